The third-order valence-electron chi connectivity index (χ3n) is 3.02. The second-order valence-corrected chi connectivity index (χ2v) is 4.68. The molecular formula is C16H12ClF3. The summed E-state index contributed by atoms with van der Waals surface area (Å²) in [6.45, 7) is 1.92. The smallest absolute Gasteiger partial charge is 0.194 e. The molecule has 104 valence electrons. The Kier molecular flexibility index (Phi) is 4.50. The van der Waals surface area contributed by atoms with E-state index in [1.54, 1.807) is 6.08 Å². The normalized spacial score (nSPS) is 11.8. The molecule has 0 nitrogen and oxygen atoms in total. The van der Waals surface area contributed by atoms with Gasteiger partial charge in [0.15, 0.2) is 17.5 Å². The molecule has 0 saturated carbocycles. The summed E-state index contributed by atoms with van der Waals surface area (Å²) in [6, 6.07) is 9.44. The minimum absolute atomic E-state index is 0.0683. The molecule has 0 atom stereocenters. The Bertz CT molecular complexity index is 640. The van der Waals surface area contributed by atoms with Crippen molar-refractivity contribution in [3.63, 3.8) is 0 Å². The fourth-order valence-electron chi connectivity index (χ4n) is 1.88. The van der Waals surface area contributed by atoms with Crippen LogP contribution >= 0.6 is 11.6 Å². The number of aryl methyl sites for hydroxylation is 1. The average molecular weight is 297 g/mol. The van der Waals surface area contributed by atoms with Crippen LogP contribution in [0, 0.1) is 24.4 Å². The second-order valence-electron chi connectivity index (χ2n) is 4.41. The van der Waals surface area contributed by atoms with Gasteiger partial charge in [-0.05, 0) is 47.4 Å². The molecule has 2 aromatic rings. The number of benzene rings is 2. The third kappa shape index (κ3) is 3.05. The molecule has 0 aliphatic heterocycles. The summed E-state index contributed by atoms with van der Waals surface area (Å²) in [5.41, 5.74) is 2.67. The monoisotopic (exact) mass is 296 g/mol. The number of halogens is 4. The van der Waals surface area contributed by atoms with Gasteiger partial charge in [-0.2, -0.15) is 0 Å². The van der Waals surface area contributed by atoms with Crippen LogP contribution < -0.4 is 0 Å². The van der Waals surface area contributed by atoms with Gasteiger partial charge in [0, 0.05) is 5.88 Å². The SMILES string of the molecule is Cc1ccccc1/C=C(\CCl)c1cc(F)c(F)c(F)c1. The number of alkyl halides is 1. The van der Waals surface area contributed by atoms with Crippen molar-refractivity contribution in [2.75, 3.05) is 5.88 Å². The Balaban J connectivity index is 2.51. The molecule has 0 bridgehead atoms. The van der Waals surface area contributed by atoms with Crippen molar-refractivity contribution in [3.8, 4) is 0 Å². The molecule has 2 aromatic carbocycles. The molecule has 0 amide bonds. The molecule has 2 rings (SSSR count). The standard InChI is InChI=1S/C16H12ClF3/c1-10-4-2-3-5-11(10)6-13(9-17)12-7-14(18)16(20)15(19)8-12/h2-8H,9H2,1H3/b13-6+. The Morgan fingerprint density at radius 1 is 1.10 bits per heavy atom. The maximum atomic E-state index is 13.3. The molecule has 0 fully saturated rings. The molecule has 0 radical (unpaired) electrons. The third-order valence-corrected chi connectivity index (χ3v) is 3.30. The summed E-state index contributed by atoms with van der Waals surface area (Å²) in [6.07, 6.45) is 1.74. The van der Waals surface area contributed by atoms with Gasteiger partial charge in [0.1, 0.15) is 0 Å². The van der Waals surface area contributed by atoms with Gasteiger partial charge in [-0.25, -0.2) is 13.2 Å². The summed E-state index contributed by atoms with van der Waals surface area (Å²) in [7, 11) is 0. The first-order valence-electron chi connectivity index (χ1n) is 6.00. The van der Waals surface area contributed by atoms with Gasteiger partial charge in [-0.15, -0.1) is 11.6 Å². The zero-order chi connectivity index (χ0) is 14.7. The minimum Gasteiger partial charge on any atom is -0.204 e. The predicted molar refractivity (Wildman–Crippen MR) is 76.1 cm³/mol. The summed E-state index contributed by atoms with van der Waals surface area (Å²) in [5, 5.41) is 0. The zero-order valence-corrected chi connectivity index (χ0v) is 11.5. The molecule has 0 aliphatic rings. The number of hydrogen-bond acceptors (Lipinski definition) is 0. The van der Waals surface area contributed by atoms with Crippen LogP contribution in [-0.4, -0.2) is 5.88 Å². The minimum atomic E-state index is -1.47. The topological polar surface area (TPSA) is 0 Å². The van der Waals surface area contributed by atoms with Crippen LogP contribution in [0.3, 0.4) is 0 Å². The van der Waals surface area contributed by atoms with Gasteiger partial charge in [-0.3, -0.25) is 0 Å². The van der Waals surface area contributed by atoms with E-state index in [2.05, 4.69) is 0 Å². The van der Waals surface area contributed by atoms with Gasteiger partial charge in [0.2, 0.25) is 0 Å². The Labute approximate surface area is 120 Å². The lowest BCUT2D eigenvalue weighted by molar-refractivity contribution is 0.446. The molecule has 0 N–H and O–H groups in total. The van der Waals surface area contributed by atoms with Gasteiger partial charge >= 0.3 is 0 Å². The first-order chi connectivity index (χ1) is 9.52. The summed E-state index contributed by atoms with van der Waals surface area (Å²) in [5.74, 6) is -3.85. The van der Waals surface area contributed by atoms with E-state index < -0.39 is 17.5 Å². The van der Waals surface area contributed by atoms with E-state index in [4.69, 9.17) is 11.6 Å². The zero-order valence-electron chi connectivity index (χ0n) is 10.8. The highest BCUT2D eigenvalue weighted by Crippen LogP contribution is 2.24. The number of hydrogen-bond donors (Lipinski definition) is 0. The molecule has 0 spiro atoms. The molecule has 4 heteroatoms. The van der Waals surface area contributed by atoms with Crippen molar-refractivity contribution in [2.24, 2.45) is 0 Å². The Morgan fingerprint density at radius 2 is 1.70 bits per heavy atom. The first-order valence-corrected chi connectivity index (χ1v) is 6.53. The van der Waals surface area contributed by atoms with E-state index >= 15 is 0 Å². The molecule has 0 aromatic heterocycles. The van der Waals surface area contributed by atoms with Gasteiger partial charge in [0.05, 0.1) is 0 Å². The number of rotatable bonds is 3. The lowest BCUT2D eigenvalue weighted by atomic mass is 10.0. The van der Waals surface area contributed by atoms with Crippen molar-refractivity contribution in [2.45, 2.75) is 6.92 Å². The quantitative estimate of drug-likeness (QED) is 0.415. The van der Waals surface area contributed by atoms with Gasteiger partial charge < -0.3 is 0 Å². The fraction of sp³-hybridized carbons (Fsp3) is 0.125. The number of allylic oxidation sites excluding steroid dienone is 1. The predicted octanol–water partition coefficient (Wildman–Crippen LogP) is 5.19. The van der Waals surface area contributed by atoms with Crippen LogP contribution in [0.15, 0.2) is 36.4 Å². The van der Waals surface area contributed by atoms with E-state index in [1.807, 2.05) is 31.2 Å². The second kappa shape index (κ2) is 6.14. The highest BCUT2D eigenvalue weighted by molar-refractivity contribution is 6.24. The van der Waals surface area contributed by atoms with Crippen molar-refractivity contribution in [1.29, 1.82) is 0 Å². The summed E-state index contributed by atoms with van der Waals surface area (Å²) in [4.78, 5) is 0. The highest BCUT2D eigenvalue weighted by Gasteiger charge is 2.12. The van der Waals surface area contributed by atoms with E-state index in [1.165, 1.54) is 0 Å². The molecule has 20 heavy (non-hydrogen) atoms. The highest BCUT2D eigenvalue weighted by atomic mass is 35.5. The lowest BCUT2D eigenvalue weighted by Gasteiger charge is -2.07. The lowest BCUT2D eigenvalue weighted by Crippen LogP contribution is -1.95. The van der Waals surface area contributed by atoms with Crippen LogP contribution in [0.5, 0.6) is 0 Å². The first kappa shape index (κ1) is 14.7. The van der Waals surface area contributed by atoms with Crippen molar-refractivity contribution < 1.29 is 13.2 Å². The van der Waals surface area contributed by atoms with Crippen LogP contribution in [0.1, 0.15) is 16.7 Å². The van der Waals surface area contributed by atoms with Crippen LogP contribution in [-0.2, 0) is 0 Å². The maximum absolute atomic E-state index is 13.3. The van der Waals surface area contributed by atoms with Crippen LogP contribution in [0.25, 0.3) is 11.6 Å². The summed E-state index contributed by atoms with van der Waals surface area (Å²) >= 11 is 5.84. The van der Waals surface area contributed by atoms with E-state index in [9.17, 15) is 13.2 Å². The van der Waals surface area contributed by atoms with Crippen LogP contribution in [0.2, 0.25) is 0 Å². The molecule has 0 heterocycles. The van der Waals surface area contributed by atoms with Crippen LogP contribution in [0.4, 0.5) is 13.2 Å². The molecule has 0 aliphatic carbocycles. The molecule has 0 saturated heterocycles. The average Bonchev–Trinajstić information content (AvgIpc) is 2.43. The maximum Gasteiger partial charge on any atom is 0.194 e. The van der Waals surface area contributed by atoms with Crippen molar-refractivity contribution >= 4 is 23.3 Å². The molecule has 0 unspecified atom stereocenters. The van der Waals surface area contributed by atoms with E-state index in [0.29, 0.717) is 5.57 Å². The Hall–Kier alpha value is -1.74. The van der Waals surface area contributed by atoms with Crippen molar-refractivity contribution in [3.05, 3.63) is 70.5 Å². The van der Waals surface area contributed by atoms with Crippen molar-refractivity contribution in [1.82, 2.24) is 0 Å². The fourth-order valence-corrected chi connectivity index (χ4v) is 2.11. The largest absolute Gasteiger partial charge is 0.204 e. The van der Waals surface area contributed by atoms with Gasteiger partial charge in [0.25, 0.3) is 0 Å². The van der Waals surface area contributed by atoms with E-state index in [0.717, 1.165) is 23.3 Å². The Morgan fingerprint density at radius 3 is 2.25 bits per heavy atom. The molecular weight excluding hydrogens is 285 g/mol. The summed E-state index contributed by atoms with van der Waals surface area (Å²) < 4.78 is 39.5. The van der Waals surface area contributed by atoms with Gasteiger partial charge in [-0.1, -0.05) is 24.3 Å². The van der Waals surface area contributed by atoms with E-state index in [-0.39, 0.29) is 11.4 Å².